The molecule has 1 rings (SSSR count). The molecule has 0 radical (unpaired) electrons. The summed E-state index contributed by atoms with van der Waals surface area (Å²) in [6.07, 6.45) is 5.13. The molecule has 0 fully saturated rings. The van der Waals surface area contributed by atoms with Crippen molar-refractivity contribution in [2.75, 3.05) is 0 Å². The number of carbonyl (C=O) groups excluding carboxylic acids is 1. The van der Waals surface area contributed by atoms with E-state index in [2.05, 4.69) is 32.6 Å². The SMILES string of the molecule is CC1=C(/C=C(\C)[Si](C)(C)C)CCCC1=O. The zero-order valence-electron chi connectivity index (χ0n) is 10.6. The average molecular weight is 222 g/mol. The van der Waals surface area contributed by atoms with Gasteiger partial charge in [-0.25, -0.2) is 0 Å². The van der Waals surface area contributed by atoms with Crippen molar-refractivity contribution in [2.24, 2.45) is 0 Å². The lowest BCUT2D eigenvalue weighted by atomic mass is 9.91. The predicted molar refractivity (Wildman–Crippen MR) is 68.7 cm³/mol. The molecule has 1 aliphatic rings. The van der Waals surface area contributed by atoms with Crippen molar-refractivity contribution in [3.63, 3.8) is 0 Å². The lowest BCUT2D eigenvalue weighted by Gasteiger charge is -2.20. The first-order chi connectivity index (χ1) is 6.82. The summed E-state index contributed by atoms with van der Waals surface area (Å²) in [4.78, 5) is 11.6. The Morgan fingerprint density at radius 1 is 1.27 bits per heavy atom. The lowest BCUT2D eigenvalue weighted by Crippen LogP contribution is -2.22. The summed E-state index contributed by atoms with van der Waals surface area (Å²) >= 11 is 0. The molecule has 84 valence electrons. The van der Waals surface area contributed by atoms with Gasteiger partial charge in [0.15, 0.2) is 5.78 Å². The molecule has 0 saturated carbocycles. The first kappa shape index (κ1) is 12.4. The van der Waals surface area contributed by atoms with E-state index in [1.165, 1.54) is 10.8 Å². The van der Waals surface area contributed by atoms with Crippen LogP contribution in [0.1, 0.15) is 33.1 Å². The minimum atomic E-state index is -1.18. The fraction of sp³-hybridized carbons (Fsp3) is 0.615. The molecule has 0 bridgehead atoms. The molecule has 1 nitrogen and oxygen atoms in total. The molecule has 0 aliphatic heterocycles. The minimum absolute atomic E-state index is 0.343. The lowest BCUT2D eigenvalue weighted by molar-refractivity contribution is -0.116. The maximum atomic E-state index is 11.6. The van der Waals surface area contributed by atoms with Gasteiger partial charge in [-0.1, -0.05) is 30.9 Å². The van der Waals surface area contributed by atoms with Crippen LogP contribution in [0.2, 0.25) is 19.6 Å². The predicted octanol–water partition coefficient (Wildman–Crippen LogP) is 3.88. The highest BCUT2D eigenvalue weighted by molar-refractivity contribution is 6.83. The van der Waals surface area contributed by atoms with E-state index < -0.39 is 8.07 Å². The molecule has 0 aromatic carbocycles. The third-order valence-corrected chi connectivity index (χ3v) is 5.83. The second-order valence-corrected chi connectivity index (χ2v) is 10.8. The summed E-state index contributed by atoms with van der Waals surface area (Å²) in [6, 6.07) is 0. The number of ketones is 1. The van der Waals surface area contributed by atoms with Crippen molar-refractivity contribution >= 4 is 13.9 Å². The summed E-state index contributed by atoms with van der Waals surface area (Å²) in [7, 11) is -1.18. The maximum absolute atomic E-state index is 11.6. The standard InChI is InChI=1S/C13H22OSi/c1-10(15(3,4)5)9-12-7-6-8-13(14)11(12)2/h9H,6-8H2,1-5H3/b10-9+. The molecule has 0 heterocycles. The fourth-order valence-corrected chi connectivity index (χ4v) is 2.26. The second kappa shape index (κ2) is 4.48. The fourth-order valence-electron chi connectivity index (χ4n) is 1.65. The van der Waals surface area contributed by atoms with Crippen LogP contribution in [-0.4, -0.2) is 13.9 Å². The number of carbonyl (C=O) groups is 1. The number of rotatable bonds is 2. The van der Waals surface area contributed by atoms with Crippen molar-refractivity contribution in [2.45, 2.75) is 52.8 Å². The molecule has 0 aromatic rings. The topological polar surface area (TPSA) is 17.1 Å². The van der Waals surface area contributed by atoms with Gasteiger partial charge in [0.25, 0.3) is 0 Å². The van der Waals surface area contributed by atoms with Crippen LogP contribution in [0.3, 0.4) is 0 Å². The third-order valence-electron chi connectivity index (χ3n) is 3.32. The largest absolute Gasteiger partial charge is 0.295 e. The summed E-state index contributed by atoms with van der Waals surface area (Å²) in [5.41, 5.74) is 2.28. The molecule has 15 heavy (non-hydrogen) atoms. The Balaban J connectivity index is 2.99. The molecule has 0 amide bonds. The minimum Gasteiger partial charge on any atom is -0.295 e. The Bertz CT molecular complexity index is 329. The van der Waals surface area contributed by atoms with E-state index >= 15 is 0 Å². The molecule has 0 unspecified atom stereocenters. The van der Waals surface area contributed by atoms with Crippen molar-refractivity contribution in [1.82, 2.24) is 0 Å². The van der Waals surface area contributed by atoms with Crippen LogP contribution < -0.4 is 0 Å². The van der Waals surface area contributed by atoms with E-state index in [0.717, 1.165) is 24.8 Å². The van der Waals surface area contributed by atoms with Gasteiger partial charge in [-0.3, -0.25) is 4.79 Å². The molecule has 1 aliphatic carbocycles. The normalized spacial score (nSPS) is 19.8. The van der Waals surface area contributed by atoms with E-state index in [1.807, 2.05) is 6.92 Å². The van der Waals surface area contributed by atoms with Gasteiger partial charge in [-0.2, -0.15) is 0 Å². The Labute approximate surface area is 94.3 Å². The van der Waals surface area contributed by atoms with E-state index in [1.54, 1.807) is 0 Å². The van der Waals surface area contributed by atoms with E-state index in [9.17, 15) is 4.79 Å². The number of hydrogen-bond acceptors (Lipinski definition) is 1. The Morgan fingerprint density at radius 3 is 2.40 bits per heavy atom. The summed E-state index contributed by atoms with van der Waals surface area (Å²) in [6.45, 7) is 11.2. The molecule has 0 aromatic heterocycles. The van der Waals surface area contributed by atoms with Gasteiger partial charge in [0, 0.05) is 6.42 Å². The van der Waals surface area contributed by atoms with Gasteiger partial charge in [-0.15, -0.1) is 0 Å². The second-order valence-electron chi connectivity index (χ2n) is 5.50. The molecule has 0 spiro atoms. The van der Waals surface area contributed by atoms with Gasteiger partial charge in [-0.05, 0) is 37.8 Å². The summed E-state index contributed by atoms with van der Waals surface area (Å²) in [5.74, 6) is 0.343. The highest BCUT2D eigenvalue weighted by Gasteiger charge is 2.19. The number of hydrogen-bond donors (Lipinski definition) is 0. The maximum Gasteiger partial charge on any atom is 0.158 e. The molecular weight excluding hydrogens is 200 g/mol. The Hall–Kier alpha value is -0.633. The van der Waals surface area contributed by atoms with Gasteiger partial charge in [0.05, 0.1) is 8.07 Å². The molecule has 0 saturated heterocycles. The van der Waals surface area contributed by atoms with Crippen LogP contribution in [-0.2, 0) is 4.79 Å². The third kappa shape index (κ3) is 3.16. The number of Topliss-reactive ketones (excluding diaryl/α,β-unsaturated/α-hetero) is 1. The van der Waals surface area contributed by atoms with Crippen LogP contribution in [0.5, 0.6) is 0 Å². The highest BCUT2D eigenvalue weighted by Crippen LogP contribution is 2.25. The first-order valence-corrected chi connectivity index (χ1v) is 9.24. The van der Waals surface area contributed by atoms with Crippen molar-refractivity contribution in [3.05, 3.63) is 22.4 Å². The van der Waals surface area contributed by atoms with Crippen LogP contribution in [0.15, 0.2) is 22.4 Å². The van der Waals surface area contributed by atoms with Crippen molar-refractivity contribution in [3.8, 4) is 0 Å². The zero-order valence-corrected chi connectivity index (χ0v) is 11.6. The Kier molecular flexibility index (Phi) is 3.71. The average Bonchev–Trinajstić information content (AvgIpc) is 2.11. The summed E-state index contributed by atoms with van der Waals surface area (Å²) in [5, 5.41) is 1.49. The van der Waals surface area contributed by atoms with Crippen LogP contribution >= 0.6 is 0 Å². The van der Waals surface area contributed by atoms with Crippen molar-refractivity contribution in [1.29, 1.82) is 0 Å². The van der Waals surface area contributed by atoms with E-state index in [4.69, 9.17) is 0 Å². The number of allylic oxidation sites excluding steroid dienone is 4. The molecule has 2 heteroatoms. The highest BCUT2D eigenvalue weighted by atomic mass is 28.3. The monoisotopic (exact) mass is 222 g/mol. The van der Waals surface area contributed by atoms with E-state index in [0.29, 0.717) is 5.78 Å². The zero-order chi connectivity index (χ0) is 11.6. The molecule has 0 atom stereocenters. The molecular formula is C13H22OSi. The van der Waals surface area contributed by atoms with Gasteiger partial charge < -0.3 is 0 Å². The van der Waals surface area contributed by atoms with Gasteiger partial charge in [0.2, 0.25) is 0 Å². The molecule has 0 N–H and O–H groups in total. The van der Waals surface area contributed by atoms with Crippen LogP contribution in [0.25, 0.3) is 0 Å². The smallest absolute Gasteiger partial charge is 0.158 e. The first-order valence-electron chi connectivity index (χ1n) is 5.74. The van der Waals surface area contributed by atoms with Crippen molar-refractivity contribution < 1.29 is 4.79 Å². The Morgan fingerprint density at radius 2 is 1.87 bits per heavy atom. The quantitative estimate of drug-likeness (QED) is 0.648. The van der Waals surface area contributed by atoms with Crippen LogP contribution in [0, 0.1) is 0 Å². The van der Waals surface area contributed by atoms with Gasteiger partial charge in [0.1, 0.15) is 0 Å². The summed E-state index contributed by atoms with van der Waals surface area (Å²) < 4.78 is 0. The van der Waals surface area contributed by atoms with E-state index in [-0.39, 0.29) is 0 Å². The van der Waals surface area contributed by atoms with Crippen LogP contribution in [0.4, 0.5) is 0 Å². The van der Waals surface area contributed by atoms with Gasteiger partial charge >= 0.3 is 0 Å².